The highest BCUT2D eigenvalue weighted by Gasteiger charge is 2.34. The Kier molecular flexibility index (Phi) is 4.08. The summed E-state index contributed by atoms with van der Waals surface area (Å²) in [5.41, 5.74) is 0. The molecule has 1 aromatic heterocycles. The minimum atomic E-state index is -0.0690. The number of likely N-dealkylation sites (tertiary alicyclic amines) is 1. The predicted octanol–water partition coefficient (Wildman–Crippen LogP) is 1.14. The highest BCUT2D eigenvalue weighted by atomic mass is 16.3. The molecule has 1 amide bonds. The van der Waals surface area contributed by atoms with E-state index in [1.54, 1.807) is 6.26 Å². The van der Waals surface area contributed by atoms with Crippen molar-refractivity contribution < 1.29 is 9.21 Å². The van der Waals surface area contributed by atoms with E-state index in [9.17, 15) is 4.79 Å². The van der Waals surface area contributed by atoms with Crippen LogP contribution in [0, 0.1) is 5.92 Å². The fourth-order valence-corrected chi connectivity index (χ4v) is 3.36. The van der Waals surface area contributed by atoms with Crippen LogP contribution in [0.25, 0.3) is 0 Å². The number of furan rings is 1. The Labute approximate surface area is 119 Å². The van der Waals surface area contributed by atoms with E-state index in [1.807, 2.05) is 19.1 Å². The van der Waals surface area contributed by atoms with Gasteiger partial charge in [0.2, 0.25) is 5.91 Å². The summed E-state index contributed by atoms with van der Waals surface area (Å²) >= 11 is 0. The third kappa shape index (κ3) is 3.04. The Bertz CT molecular complexity index is 432. The van der Waals surface area contributed by atoms with Gasteiger partial charge in [-0.1, -0.05) is 0 Å². The highest BCUT2D eigenvalue weighted by molar-refractivity contribution is 5.78. The van der Waals surface area contributed by atoms with Crippen molar-refractivity contribution in [2.45, 2.75) is 31.8 Å². The largest absolute Gasteiger partial charge is 0.467 e. The van der Waals surface area contributed by atoms with Gasteiger partial charge in [-0.05, 0) is 44.4 Å². The maximum absolute atomic E-state index is 12.1. The molecule has 3 atom stereocenters. The molecule has 0 aromatic carbocycles. The lowest BCUT2D eigenvalue weighted by Gasteiger charge is -2.24. The van der Waals surface area contributed by atoms with Crippen molar-refractivity contribution in [3.05, 3.63) is 24.2 Å². The Hall–Kier alpha value is -1.33. The van der Waals surface area contributed by atoms with Gasteiger partial charge in [0.1, 0.15) is 5.76 Å². The topological polar surface area (TPSA) is 57.5 Å². The second-order valence-electron chi connectivity index (χ2n) is 5.96. The Morgan fingerprint density at radius 2 is 2.50 bits per heavy atom. The SMILES string of the molecule is CC(NC(=O)CN1C[C@@H]2CCCN[C@@H]2C1)c1ccco1. The van der Waals surface area contributed by atoms with Crippen molar-refractivity contribution in [2.24, 2.45) is 5.92 Å². The van der Waals surface area contributed by atoms with Gasteiger partial charge in [-0.15, -0.1) is 0 Å². The van der Waals surface area contributed by atoms with Crippen LogP contribution in [0.15, 0.2) is 22.8 Å². The first-order chi connectivity index (χ1) is 9.72. The van der Waals surface area contributed by atoms with E-state index in [0.29, 0.717) is 12.6 Å². The minimum Gasteiger partial charge on any atom is -0.467 e. The molecular formula is C15H23N3O2. The molecule has 20 heavy (non-hydrogen) atoms. The van der Waals surface area contributed by atoms with Gasteiger partial charge < -0.3 is 15.1 Å². The Morgan fingerprint density at radius 1 is 1.60 bits per heavy atom. The number of carbonyl (C=O) groups excluding carboxylic acids is 1. The first kappa shape index (κ1) is 13.6. The summed E-state index contributed by atoms with van der Waals surface area (Å²) in [5.74, 6) is 1.60. The van der Waals surface area contributed by atoms with Crippen LogP contribution in [0.3, 0.4) is 0 Å². The smallest absolute Gasteiger partial charge is 0.234 e. The summed E-state index contributed by atoms with van der Waals surface area (Å²) in [5, 5.41) is 6.55. The molecule has 5 heteroatoms. The molecular weight excluding hydrogens is 254 g/mol. The van der Waals surface area contributed by atoms with Crippen LogP contribution in [0.1, 0.15) is 31.6 Å². The number of rotatable bonds is 4. The number of hydrogen-bond acceptors (Lipinski definition) is 4. The van der Waals surface area contributed by atoms with Crippen molar-refractivity contribution in [3.63, 3.8) is 0 Å². The number of nitrogens with zero attached hydrogens (tertiary/aromatic N) is 1. The van der Waals surface area contributed by atoms with E-state index < -0.39 is 0 Å². The van der Waals surface area contributed by atoms with Crippen molar-refractivity contribution >= 4 is 5.91 Å². The second kappa shape index (κ2) is 5.97. The minimum absolute atomic E-state index is 0.0690. The maximum atomic E-state index is 12.1. The quantitative estimate of drug-likeness (QED) is 0.866. The summed E-state index contributed by atoms with van der Waals surface area (Å²) < 4.78 is 5.30. The third-order valence-electron chi connectivity index (χ3n) is 4.39. The molecule has 110 valence electrons. The van der Waals surface area contributed by atoms with E-state index >= 15 is 0 Å². The average molecular weight is 277 g/mol. The second-order valence-corrected chi connectivity index (χ2v) is 5.96. The lowest BCUT2D eigenvalue weighted by molar-refractivity contribution is -0.122. The molecule has 3 rings (SSSR count). The van der Waals surface area contributed by atoms with E-state index in [2.05, 4.69) is 15.5 Å². The first-order valence-corrected chi connectivity index (χ1v) is 7.51. The Balaban J connectivity index is 1.47. The zero-order valence-corrected chi connectivity index (χ0v) is 12.0. The molecule has 2 saturated heterocycles. The molecule has 2 aliphatic heterocycles. The van der Waals surface area contributed by atoms with Crippen molar-refractivity contribution in [3.8, 4) is 0 Å². The zero-order valence-electron chi connectivity index (χ0n) is 12.0. The van der Waals surface area contributed by atoms with Crippen LogP contribution < -0.4 is 10.6 Å². The van der Waals surface area contributed by atoms with Crippen LogP contribution in [-0.2, 0) is 4.79 Å². The number of fused-ring (bicyclic) bond motifs is 1. The van der Waals surface area contributed by atoms with Crippen LogP contribution >= 0.6 is 0 Å². The Morgan fingerprint density at radius 3 is 3.25 bits per heavy atom. The van der Waals surface area contributed by atoms with Gasteiger partial charge in [-0.2, -0.15) is 0 Å². The van der Waals surface area contributed by atoms with Crippen LogP contribution in [0.2, 0.25) is 0 Å². The molecule has 3 heterocycles. The average Bonchev–Trinajstić information content (AvgIpc) is 3.07. The maximum Gasteiger partial charge on any atom is 0.234 e. The monoisotopic (exact) mass is 277 g/mol. The lowest BCUT2D eigenvalue weighted by Crippen LogP contribution is -2.41. The summed E-state index contributed by atoms with van der Waals surface area (Å²) in [4.78, 5) is 14.4. The summed E-state index contributed by atoms with van der Waals surface area (Å²) in [6, 6.07) is 4.24. The van der Waals surface area contributed by atoms with Gasteiger partial charge in [0.05, 0.1) is 18.8 Å². The molecule has 0 aliphatic carbocycles. The van der Waals surface area contributed by atoms with Crippen molar-refractivity contribution in [1.29, 1.82) is 0 Å². The predicted molar refractivity (Wildman–Crippen MR) is 76.2 cm³/mol. The molecule has 1 aromatic rings. The number of amides is 1. The van der Waals surface area contributed by atoms with Gasteiger partial charge in [0.15, 0.2) is 0 Å². The number of hydrogen-bond donors (Lipinski definition) is 2. The summed E-state index contributed by atoms with van der Waals surface area (Å²) in [6.45, 7) is 5.59. The molecule has 1 unspecified atom stereocenters. The van der Waals surface area contributed by atoms with Gasteiger partial charge >= 0.3 is 0 Å². The molecule has 2 fully saturated rings. The highest BCUT2D eigenvalue weighted by Crippen LogP contribution is 2.24. The van der Waals surface area contributed by atoms with Crippen LogP contribution in [0.5, 0.6) is 0 Å². The molecule has 5 nitrogen and oxygen atoms in total. The van der Waals surface area contributed by atoms with E-state index in [1.165, 1.54) is 12.8 Å². The molecule has 2 aliphatic rings. The fraction of sp³-hybridized carbons (Fsp3) is 0.667. The fourth-order valence-electron chi connectivity index (χ4n) is 3.36. The van der Waals surface area contributed by atoms with Crippen molar-refractivity contribution in [2.75, 3.05) is 26.2 Å². The van der Waals surface area contributed by atoms with Gasteiger partial charge in [-0.25, -0.2) is 0 Å². The molecule has 0 saturated carbocycles. The normalized spacial score (nSPS) is 28.1. The lowest BCUT2D eigenvalue weighted by atomic mass is 9.94. The number of carbonyl (C=O) groups is 1. The van der Waals surface area contributed by atoms with E-state index in [4.69, 9.17) is 4.42 Å². The molecule has 0 radical (unpaired) electrons. The van der Waals surface area contributed by atoms with Gasteiger partial charge in [0, 0.05) is 19.1 Å². The van der Waals surface area contributed by atoms with Gasteiger partial charge in [0.25, 0.3) is 0 Å². The standard InChI is InChI=1S/C15H23N3O2/c1-11(14-5-3-7-20-14)17-15(19)10-18-8-12-4-2-6-16-13(12)9-18/h3,5,7,11-13,16H,2,4,6,8-10H2,1H3,(H,17,19)/t11?,12-,13+/m0/s1. The zero-order chi connectivity index (χ0) is 13.9. The molecule has 0 spiro atoms. The van der Waals surface area contributed by atoms with E-state index in [0.717, 1.165) is 31.3 Å². The summed E-state index contributed by atoms with van der Waals surface area (Å²) in [6.07, 6.45) is 4.18. The molecule has 2 N–H and O–H groups in total. The third-order valence-corrected chi connectivity index (χ3v) is 4.39. The first-order valence-electron chi connectivity index (χ1n) is 7.51. The van der Waals surface area contributed by atoms with Gasteiger partial charge in [-0.3, -0.25) is 9.69 Å². The van der Waals surface area contributed by atoms with Crippen LogP contribution in [-0.4, -0.2) is 43.0 Å². The van der Waals surface area contributed by atoms with Crippen molar-refractivity contribution in [1.82, 2.24) is 15.5 Å². The number of nitrogens with one attached hydrogen (secondary N) is 2. The van der Waals surface area contributed by atoms with E-state index in [-0.39, 0.29) is 11.9 Å². The van der Waals surface area contributed by atoms with Crippen LogP contribution in [0.4, 0.5) is 0 Å². The molecule has 0 bridgehead atoms. The summed E-state index contributed by atoms with van der Waals surface area (Å²) in [7, 11) is 0. The number of piperidine rings is 1.